The average Bonchev–Trinajstić information content (AvgIpc) is 2.38. The van der Waals surface area contributed by atoms with Crippen molar-refractivity contribution in [1.82, 2.24) is 5.32 Å². The van der Waals surface area contributed by atoms with Crippen molar-refractivity contribution in [3.05, 3.63) is 29.8 Å². The zero-order chi connectivity index (χ0) is 11.9. The summed E-state index contributed by atoms with van der Waals surface area (Å²) in [4.78, 5) is 0. The van der Waals surface area contributed by atoms with Gasteiger partial charge in [-0.15, -0.1) is 9.24 Å². The third kappa shape index (κ3) is 4.77. The number of aryl methyl sites for hydroxylation is 1. The van der Waals surface area contributed by atoms with Crippen LogP contribution in [-0.2, 0) is 6.42 Å². The van der Waals surface area contributed by atoms with E-state index in [0.717, 1.165) is 6.04 Å². The van der Waals surface area contributed by atoms with E-state index in [1.165, 1.54) is 62.4 Å². The van der Waals surface area contributed by atoms with Crippen LogP contribution >= 0.6 is 9.24 Å². The van der Waals surface area contributed by atoms with Crippen molar-refractivity contribution in [1.29, 1.82) is 0 Å². The molecule has 2 heteroatoms. The smallest absolute Gasteiger partial charge is 0.00670 e. The van der Waals surface area contributed by atoms with Gasteiger partial charge in [-0.25, -0.2) is 0 Å². The second-order valence-electron chi connectivity index (χ2n) is 5.13. The van der Waals surface area contributed by atoms with E-state index in [9.17, 15) is 0 Å². The molecule has 0 aliphatic heterocycles. The molecule has 0 bridgehead atoms. The summed E-state index contributed by atoms with van der Waals surface area (Å²) in [6.45, 7) is 1.17. The molecule has 2 rings (SSSR count). The minimum atomic E-state index is 0.804. The van der Waals surface area contributed by atoms with Crippen molar-refractivity contribution in [3.8, 4) is 0 Å². The number of benzene rings is 1. The Kier molecular flexibility index (Phi) is 5.48. The normalized spacial score (nSPS) is 17.2. The van der Waals surface area contributed by atoms with Crippen molar-refractivity contribution in [2.24, 2.45) is 0 Å². The molecule has 1 nitrogen and oxygen atoms in total. The first kappa shape index (κ1) is 13.1. The maximum absolute atomic E-state index is 3.70. The van der Waals surface area contributed by atoms with Crippen LogP contribution in [0.4, 0.5) is 0 Å². The van der Waals surface area contributed by atoms with Crippen LogP contribution in [0.2, 0.25) is 0 Å². The Bertz CT molecular complexity index is 314. The zero-order valence-corrected chi connectivity index (χ0v) is 11.8. The summed E-state index contributed by atoms with van der Waals surface area (Å²) in [5.74, 6) is 0. The summed E-state index contributed by atoms with van der Waals surface area (Å²) >= 11 is 0. The molecule has 1 aliphatic carbocycles. The first-order valence-corrected chi connectivity index (χ1v) is 7.50. The minimum Gasteiger partial charge on any atom is -0.314 e. The molecule has 1 atom stereocenters. The highest BCUT2D eigenvalue weighted by atomic mass is 31.0. The standard InChI is InChI=1S/C15H24NP/c17-15-10-8-13(9-11-15)5-4-12-16-14-6-2-1-3-7-14/h8-11,14,16H,1-7,12,17H2. The van der Waals surface area contributed by atoms with Crippen LogP contribution < -0.4 is 10.6 Å². The Balaban J connectivity index is 1.60. The second kappa shape index (κ2) is 7.13. The van der Waals surface area contributed by atoms with Crippen LogP contribution in [-0.4, -0.2) is 12.6 Å². The predicted molar refractivity (Wildman–Crippen MR) is 79.0 cm³/mol. The van der Waals surface area contributed by atoms with Gasteiger partial charge in [-0.3, -0.25) is 0 Å². The number of nitrogens with one attached hydrogen (secondary N) is 1. The Morgan fingerprint density at radius 2 is 1.76 bits per heavy atom. The molecule has 1 N–H and O–H groups in total. The van der Waals surface area contributed by atoms with Gasteiger partial charge >= 0.3 is 0 Å². The van der Waals surface area contributed by atoms with Crippen molar-refractivity contribution in [2.75, 3.05) is 6.54 Å². The summed E-state index contributed by atoms with van der Waals surface area (Å²) in [5.41, 5.74) is 1.46. The molecule has 1 aromatic rings. The Morgan fingerprint density at radius 3 is 2.47 bits per heavy atom. The van der Waals surface area contributed by atoms with Crippen molar-refractivity contribution in [2.45, 2.75) is 51.0 Å². The molecular weight excluding hydrogens is 225 g/mol. The van der Waals surface area contributed by atoms with Gasteiger partial charge in [-0.1, -0.05) is 43.5 Å². The maximum Gasteiger partial charge on any atom is 0.00670 e. The molecular formula is C15H24NP. The molecule has 17 heavy (non-hydrogen) atoms. The van der Waals surface area contributed by atoms with E-state index in [0.29, 0.717) is 0 Å². The number of rotatable bonds is 5. The van der Waals surface area contributed by atoms with Crippen molar-refractivity contribution < 1.29 is 0 Å². The Morgan fingerprint density at radius 1 is 1.06 bits per heavy atom. The second-order valence-corrected chi connectivity index (χ2v) is 5.80. The molecule has 1 saturated carbocycles. The van der Waals surface area contributed by atoms with E-state index in [1.807, 2.05) is 0 Å². The molecule has 1 fully saturated rings. The van der Waals surface area contributed by atoms with Crippen LogP contribution in [0, 0.1) is 0 Å². The third-order valence-corrected chi connectivity index (χ3v) is 4.05. The molecule has 0 saturated heterocycles. The largest absolute Gasteiger partial charge is 0.314 e. The Hall–Kier alpha value is -0.390. The van der Waals surface area contributed by atoms with E-state index in [2.05, 4.69) is 38.8 Å². The molecule has 0 spiro atoms. The van der Waals surface area contributed by atoms with E-state index in [1.54, 1.807) is 0 Å². The van der Waals surface area contributed by atoms with Gasteiger partial charge in [0.15, 0.2) is 0 Å². The van der Waals surface area contributed by atoms with Gasteiger partial charge in [0, 0.05) is 6.04 Å². The molecule has 0 aromatic heterocycles. The van der Waals surface area contributed by atoms with Crippen LogP contribution in [0.15, 0.2) is 24.3 Å². The molecule has 94 valence electrons. The summed E-state index contributed by atoms with van der Waals surface area (Å²) in [5, 5.41) is 4.97. The first-order chi connectivity index (χ1) is 8.34. The van der Waals surface area contributed by atoms with Crippen molar-refractivity contribution >= 4 is 14.5 Å². The van der Waals surface area contributed by atoms with Crippen LogP contribution in [0.3, 0.4) is 0 Å². The monoisotopic (exact) mass is 249 g/mol. The fraction of sp³-hybridized carbons (Fsp3) is 0.600. The summed E-state index contributed by atoms with van der Waals surface area (Å²) < 4.78 is 0. The molecule has 1 unspecified atom stereocenters. The molecule has 0 radical (unpaired) electrons. The van der Waals surface area contributed by atoms with Crippen LogP contribution in [0.5, 0.6) is 0 Å². The average molecular weight is 249 g/mol. The predicted octanol–water partition coefficient (Wildman–Crippen LogP) is 3.04. The molecule has 1 aliphatic rings. The van der Waals surface area contributed by atoms with Gasteiger partial charge in [0.2, 0.25) is 0 Å². The van der Waals surface area contributed by atoms with Crippen LogP contribution in [0.1, 0.15) is 44.1 Å². The molecule has 0 amide bonds. The van der Waals surface area contributed by atoms with Gasteiger partial charge in [0.05, 0.1) is 0 Å². The first-order valence-electron chi connectivity index (χ1n) is 6.92. The minimum absolute atomic E-state index is 0.804. The van der Waals surface area contributed by atoms with Crippen LogP contribution in [0.25, 0.3) is 0 Å². The van der Waals surface area contributed by atoms with E-state index < -0.39 is 0 Å². The highest BCUT2D eigenvalue weighted by Crippen LogP contribution is 2.17. The lowest BCUT2D eigenvalue weighted by Gasteiger charge is -2.22. The van der Waals surface area contributed by atoms with Gasteiger partial charge in [0.25, 0.3) is 0 Å². The summed E-state index contributed by atoms with van der Waals surface area (Å²) in [6, 6.07) is 9.63. The van der Waals surface area contributed by atoms with E-state index in [-0.39, 0.29) is 0 Å². The van der Waals surface area contributed by atoms with Gasteiger partial charge in [-0.05, 0) is 43.1 Å². The lowest BCUT2D eigenvalue weighted by molar-refractivity contribution is 0.372. The molecule has 1 aromatic carbocycles. The van der Waals surface area contributed by atoms with Crippen molar-refractivity contribution in [3.63, 3.8) is 0 Å². The quantitative estimate of drug-likeness (QED) is 0.625. The third-order valence-electron chi connectivity index (χ3n) is 3.66. The lowest BCUT2D eigenvalue weighted by atomic mass is 9.95. The fourth-order valence-electron chi connectivity index (χ4n) is 2.59. The van der Waals surface area contributed by atoms with Gasteiger partial charge in [0.1, 0.15) is 0 Å². The topological polar surface area (TPSA) is 12.0 Å². The summed E-state index contributed by atoms with van der Waals surface area (Å²) in [6.07, 6.45) is 9.53. The van der Waals surface area contributed by atoms with E-state index in [4.69, 9.17) is 0 Å². The highest BCUT2D eigenvalue weighted by molar-refractivity contribution is 7.27. The zero-order valence-electron chi connectivity index (χ0n) is 10.6. The van der Waals surface area contributed by atoms with Gasteiger partial charge < -0.3 is 5.32 Å². The SMILES string of the molecule is Pc1ccc(CCCNC2CCCCC2)cc1. The highest BCUT2D eigenvalue weighted by Gasteiger charge is 2.11. The molecule has 0 heterocycles. The van der Waals surface area contributed by atoms with Gasteiger partial charge in [-0.2, -0.15) is 0 Å². The number of hydrogen-bond acceptors (Lipinski definition) is 1. The fourth-order valence-corrected chi connectivity index (χ4v) is 2.78. The maximum atomic E-state index is 3.70. The summed E-state index contributed by atoms with van der Waals surface area (Å²) in [7, 11) is 2.73. The Labute approximate surface area is 108 Å². The van der Waals surface area contributed by atoms with E-state index >= 15 is 0 Å². The lowest BCUT2D eigenvalue weighted by Crippen LogP contribution is -2.31. The number of hydrogen-bond donors (Lipinski definition) is 1.